The van der Waals surface area contributed by atoms with Crippen LogP contribution in [0, 0.1) is 0 Å². The summed E-state index contributed by atoms with van der Waals surface area (Å²) in [5.41, 5.74) is -0.749. The maximum Gasteiger partial charge on any atom is 0.326 e. The molecule has 0 bridgehead atoms. The average Bonchev–Trinajstić information content (AvgIpc) is 2.69. The van der Waals surface area contributed by atoms with Crippen LogP contribution in [0.4, 0.5) is 0 Å². The van der Waals surface area contributed by atoms with Crippen LogP contribution in [0.5, 0.6) is 0 Å². The molecule has 0 aliphatic carbocycles. The van der Waals surface area contributed by atoms with E-state index in [2.05, 4.69) is 16.8 Å². The van der Waals surface area contributed by atoms with Crippen LogP contribution < -0.4 is 0 Å². The van der Waals surface area contributed by atoms with Gasteiger partial charge in [0, 0.05) is 39.2 Å². The maximum absolute atomic E-state index is 11.4. The molecule has 0 saturated carbocycles. The maximum atomic E-state index is 11.4. The van der Waals surface area contributed by atoms with E-state index in [0.717, 1.165) is 26.2 Å². The standard InChI is InChI=1S/C10H18N2O3/c1-11-3-5-12(6-4-11)10(9(13)14)2-7-15-8-10/h2-8H2,1H3,(H,13,14)/t10-/m0/s1. The Labute approximate surface area is 89.6 Å². The lowest BCUT2D eigenvalue weighted by atomic mass is 9.95. The predicted octanol–water partition coefficient (Wildman–Crippen LogP) is -0.522. The molecule has 1 N–H and O–H groups in total. The molecule has 15 heavy (non-hydrogen) atoms. The van der Waals surface area contributed by atoms with E-state index in [1.165, 1.54) is 0 Å². The third-order valence-electron chi connectivity index (χ3n) is 3.51. The zero-order valence-electron chi connectivity index (χ0n) is 9.11. The molecule has 2 aliphatic heterocycles. The molecule has 0 aromatic rings. The normalized spacial score (nSPS) is 34.5. The lowest BCUT2D eigenvalue weighted by Gasteiger charge is -2.41. The molecule has 2 aliphatic rings. The molecule has 5 heteroatoms. The summed E-state index contributed by atoms with van der Waals surface area (Å²) in [5, 5.41) is 9.35. The number of ether oxygens (including phenoxy) is 1. The van der Waals surface area contributed by atoms with Gasteiger partial charge in [0.15, 0.2) is 0 Å². The van der Waals surface area contributed by atoms with E-state index in [-0.39, 0.29) is 0 Å². The fourth-order valence-corrected chi connectivity index (χ4v) is 2.34. The highest BCUT2D eigenvalue weighted by atomic mass is 16.5. The Morgan fingerprint density at radius 1 is 1.33 bits per heavy atom. The zero-order valence-corrected chi connectivity index (χ0v) is 9.11. The predicted molar refractivity (Wildman–Crippen MR) is 54.9 cm³/mol. The van der Waals surface area contributed by atoms with Crippen molar-refractivity contribution < 1.29 is 14.6 Å². The highest BCUT2D eigenvalue weighted by molar-refractivity contribution is 5.79. The Hall–Kier alpha value is -0.650. The topological polar surface area (TPSA) is 53.0 Å². The number of aliphatic carboxylic acids is 1. The largest absolute Gasteiger partial charge is 0.480 e. The molecule has 0 aromatic carbocycles. The van der Waals surface area contributed by atoms with Gasteiger partial charge in [0.25, 0.3) is 0 Å². The van der Waals surface area contributed by atoms with Gasteiger partial charge in [-0.2, -0.15) is 0 Å². The molecule has 0 unspecified atom stereocenters. The number of rotatable bonds is 2. The first-order chi connectivity index (χ1) is 7.15. The van der Waals surface area contributed by atoms with Gasteiger partial charge in [-0.15, -0.1) is 0 Å². The summed E-state index contributed by atoms with van der Waals surface area (Å²) < 4.78 is 5.27. The smallest absolute Gasteiger partial charge is 0.326 e. The third kappa shape index (κ3) is 1.87. The SMILES string of the molecule is CN1CCN([C@@]2(C(=O)O)CCOC2)CC1. The lowest BCUT2D eigenvalue weighted by Crippen LogP contribution is -2.60. The van der Waals surface area contributed by atoms with Crippen LogP contribution >= 0.6 is 0 Å². The van der Waals surface area contributed by atoms with Crippen LogP contribution in [-0.4, -0.2) is 72.9 Å². The van der Waals surface area contributed by atoms with Gasteiger partial charge >= 0.3 is 5.97 Å². The number of hydrogen-bond acceptors (Lipinski definition) is 4. The van der Waals surface area contributed by atoms with E-state index in [4.69, 9.17) is 4.74 Å². The number of carboxylic acid groups (broad SMARTS) is 1. The zero-order chi connectivity index (χ0) is 10.9. The van der Waals surface area contributed by atoms with Crippen molar-refractivity contribution in [2.45, 2.75) is 12.0 Å². The second-order valence-electron chi connectivity index (χ2n) is 4.43. The summed E-state index contributed by atoms with van der Waals surface area (Å²) in [6.07, 6.45) is 0.617. The Kier molecular flexibility index (Phi) is 2.95. The summed E-state index contributed by atoms with van der Waals surface area (Å²) in [5.74, 6) is -0.732. The molecule has 0 spiro atoms. The van der Waals surface area contributed by atoms with Gasteiger partial charge in [0.05, 0.1) is 6.61 Å². The summed E-state index contributed by atoms with van der Waals surface area (Å²) in [6, 6.07) is 0. The van der Waals surface area contributed by atoms with Gasteiger partial charge in [-0.1, -0.05) is 0 Å². The fraction of sp³-hybridized carbons (Fsp3) is 0.900. The number of likely N-dealkylation sites (N-methyl/N-ethyl adjacent to an activating group) is 1. The van der Waals surface area contributed by atoms with Gasteiger partial charge in [-0.3, -0.25) is 9.69 Å². The van der Waals surface area contributed by atoms with E-state index in [1.807, 2.05) is 0 Å². The van der Waals surface area contributed by atoms with Crippen LogP contribution in [0.15, 0.2) is 0 Å². The second-order valence-corrected chi connectivity index (χ2v) is 4.43. The molecule has 0 amide bonds. The fourth-order valence-electron chi connectivity index (χ4n) is 2.34. The first-order valence-electron chi connectivity index (χ1n) is 5.40. The molecule has 2 heterocycles. The summed E-state index contributed by atoms with van der Waals surface area (Å²) in [6.45, 7) is 4.44. The van der Waals surface area contributed by atoms with Gasteiger partial charge < -0.3 is 14.7 Å². The Bertz CT molecular complexity index is 243. The number of hydrogen-bond donors (Lipinski definition) is 1. The highest BCUT2D eigenvalue weighted by Gasteiger charge is 2.48. The van der Waals surface area contributed by atoms with Gasteiger partial charge in [-0.05, 0) is 7.05 Å². The number of nitrogens with zero attached hydrogens (tertiary/aromatic N) is 2. The molecular weight excluding hydrogens is 196 g/mol. The Morgan fingerprint density at radius 2 is 2.00 bits per heavy atom. The first-order valence-corrected chi connectivity index (χ1v) is 5.40. The van der Waals surface area contributed by atoms with Crippen molar-refractivity contribution in [2.24, 2.45) is 0 Å². The van der Waals surface area contributed by atoms with Crippen molar-refractivity contribution in [2.75, 3.05) is 46.4 Å². The Balaban J connectivity index is 2.08. The van der Waals surface area contributed by atoms with Crippen molar-refractivity contribution in [3.05, 3.63) is 0 Å². The van der Waals surface area contributed by atoms with Crippen molar-refractivity contribution in [1.29, 1.82) is 0 Å². The monoisotopic (exact) mass is 214 g/mol. The molecule has 2 fully saturated rings. The molecule has 2 rings (SSSR count). The summed E-state index contributed by atoms with van der Waals surface area (Å²) in [4.78, 5) is 15.7. The number of piperazine rings is 1. The minimum absolute atomic E-state index is 0.339. The molecule has 1 atom stereocenters. The van der Waals surface area contributed by atoms with Crippen molar-refractivity contribution >= 4 is 5.97 Å². The lowest BCUT2D eigenvalue weighted by molar-refractivity contribution is -0.153. The van der Waals surface area contributed by atoms with E-state index < -0.39 is 11.5 Å². The van der Waals surface area contributed by atoms with Crippen LogP contribution in [0.3, 0.4) is 0 Å². The van der Waals surface area contributed by atoms with E-state index in [1.54, 1.807) is 0 Å². The minimum Gasteiger partial charge on any atom is -0.480 e. The molecule has 5 nitrogen and oxygen atoms in total. The third-order valence-corrected chi connectivity index (χ3v) is 3.51. The second kappa shape index (κ2) is 4.08. The van der Waals surface area contributed by atoms with E-state index in [0.29, 0.717) is 19.6 Å². The van der Waals surface area contributed by atoms with Crippen LogP contribution in [0.1, 0.15) is 6.42 Å². The highest BCUT2D eigenvalue weighted by Crippen LogP contribution is 2.27. The molecule has 86 valence electrons. The minimum atomic E-state index is -0.749. The molecular formula is C10H18N2O3. The van der Waals surface area contributed by atoms with Crippen LogP contribution in [-0.2, 0) is 9.53 Å². The average molecular weight is 214 g/mol. The molecule has 0 radical (unpaired) electrons. The van der Waals surface area contributed by atoms with Gasteiger partial charge in [0.1, 0.15) is 5.54 Å². The van der Waals surface area contributed by atoms with E-state index >= 15 is 0 Å². The van der Waals surface area contributed by atoms with Crippen molar-refractivity contribution in [1.82, 2.24) is 9.80 Å². The number of carboxylic acids is 1. The quantitative estimate of drug-likeness (QED) is 0.670. The number of carbonyl (C=O) groups is 1. The van der Waals surface area contributed by atoms with Crippen molar-refractivity contribution in [3.8, 4) is 0 Å². The first kappa shape index (κ1) is 10.9. The summed E-state index contributed by atoms with van der Waals surface area (Å²) in [7, 11) is 2.07. The van der Waals surface area contributed by atoms with Crippen LogP contribution in [0.25, 0.3) is 0 Å². The van der Waals surface area contributed by atoms with Gasteiger partial charge in [0.2, 0.25) is 0 Å². The summed E-state index contributed by atoms with van der Waals surface area (Å²) >= 11 is 0. The van der Waals surface area contributed by atoms with Crippen LogP contribution in [0.2, 0.25) is 0 Å². The molecule has 0 aromatic heterocycles. The van der Waals surface area contributed by atoms with Gasteiger partial charge in [-0.25, -0.2) is 0 Å². The van der Waals surface area contributed by atoms with Crippen molar-refractivity contribution in [3.63, 3.8) is 0 Å². The Morgan fingerprint density at radius 3 is 2.47 bits per heavy atom. The van der Waals surface area contributed by atoms with E-state index in [9.17, 15) is 9.90 Å². The molecule has 2 saturated heterocycles.